The number of aromatic nitrogens is 2. The summed E-state index contributed by atoms with van der Waals surface area (Å²) in [7, 11) is 0. The molecule has 1 aromatic heterocycles. The Hall–Kier alpha value is -0.910. The van der Waals surface area contributed by atoms with Crippen LogP contribution >= 0.6 is 0 Å². The average molecular weight is 265 g/mol. The van der Waals surface area contributed by atoms with Crippen LogP contribution in [0.4, 0.5) is 0 Å². The maximum absolute atomic E-state index is 5.82. The lowest BCUT2D eigenvalue weighted by atomic mass is 10.1. The molecule has 2 rings (SSSR count). The van der Waals surface area contributed by atoms with E-state index in [4.69, 9.17) is 5.73 Å². The second-order valence-electron chi connectivity index (χ2n) is 5.33. The molecule has 0 saturated carbocycles. The van der Waals surface area contributed by atoms with Gasteiger partial charge in [0.15, 0.2) is 0 Å². The van der Waals surface area contributed by atoms with Gasteiger partial charge in [-0.3, -0.25) is 4.90 Å². The summed E-state index contributed by atoms with van der Waals surface area (Å²) >= 11 is 0. The van der Waals surface area contributed by atoms with Crippen LogP contribution < -0.4 is 5.73 Å². The highest BCUT2D eigenvalue weighted by Crippen LogP contribution is 2.09. The Bertz CT molecular complexity index is 326. The molecule has 108 valence electrons. The van der Waals surface area contributed by atoms with Crippen LogP contribution in [0.2, 0.25) is 0 Å². The molecule has 1 aliphatic heterocycles. The molecule has 1 aromatic rings. The fourth-order valence-corrected chi connectivity index (χ4v) is 2.82. The SMILES string of the molecule is CCC(CN)N1CCN(CCCn2ccnc2)CC1. The summed E-state index contributed by atoms with van der Waals surface area (Å²) in [6.07, 6.45) is 8.13. The first-order valence-electron chi connectivity index (χ1n) is 7.45. The largest absolute Gasteiger partial charge is 0.337 e. The Morgan fingerprint density at radius 2 is 2.00 bits per heavy atom. The highest BCUT2D eigenvalue weighted by atomic mass is 15.3. The second kappa shape index (κ2) is 7.62. The number of imidazole rings is 1. The third-order valence-electron chi connectivity index (χ3n) is 4.12. The van der Waals surface area contributed by atoms with E-state index in [0.29, 0.717) is 6.04 Å². The Morgan fingerprint density at radius 3 is 2.58 bits per heavy atom. The van der Waals surface area contributed by atoms with E-state index in [9.17, 15) is 0 Å². The van der Waals surface area contributed by atoms with Crippen LogP contribution in [-0.2, 0) is 6.54 Å². The van der Waals surface area contributed by atoms with Crippen LogP contribution in [0.3, 0.4) is 0 Å². The van der Waals surface area contributed by atoms with Gasteiger partial charge in [-0.1, -0.05) is 6.92 Å². The van der Waals surface area contributed by atoms with Crippen LogP contribution in [0.1, 0.15) is 19.8 Å². The number of nitrogens with two attached hydrogens (primary N) is 1. The zero-order chi connectivity index (χ0) is 13.5. The first kappa shape index (κ1) is 14.5. The van der Waals surface area contributed by atoms with E-state index >= 15 is 0 Å². The lowest BCUT2D eigenvalue weighted by Crippen LogP contribution is -2.52. The van der Waals surface area contributed by atoms with Gasteiger partial charge < -0.3 is 15.2 Å². The third kappa shape index (κ3) is 4.30. The van der Waals surface area contributed by atoms with Crippen molar-refractivity contribution in [2.24, 2.45) is 5.73 Å². The van der Waals surface area contributed by atoms with Gasteiger partial charge in [-0.25, -0.2) is 4.98 Å². The number of rotatable bonds is 7. The molecule has 19 heavy (non-hydrogen) atoms. The standard InChI is InChI=1S/C14H27N5/c1-2-14(12-15)19-10-8-17(9-11-19)5-3-6-18-7-4-16-13-18/h4,7,13-14H,2-3,5-6,8-12,15H2,1H3. The van der Waals surface area contributed by atoms with Crippen molar-refractivity contribution in [3.63, 3.8) is 0 Å². The minimum absolute atomic E-state index is 0.577. The molecule has 2 N–H and O–H groups in total. The zero-order valence-electron chi connectivity index (χ0n) is 12.0. The molecule has 1 unspecified atom stereocenters. The van der Waals surface area contributed by atoms with E-state index in [1.165, 1.54) is 39.1 Å². The predicted octanol–water partition coefficient (Wildman–Crippen LogP) is 0.628. The monoisotopic (exact) mass is 265 g/mol. The summed E-state index contributed by atoms with van der Waals surface area (Å²) in [6.45, 7) is 9.97. The van der Waals surface area contributed by atoms with Crippen molar-refractivity contribution < 1.29 is 0 Å². The molecule has 5 heteroatoms. The van der Waals surface area contributed by atoms with Crippen LogP contribution in [0.15, 0.2) is 18.7 Å². The number of nitrogens with zero attached hydrogens (tertiary/aromatic N) is 4. The molecule has 1 fully saturated rings. The van der Waals surface area contributed by atoms with E-state index in [1.807, 2.05) is 18.7 Å². The smallest absolute Gasteiger partial charge is 0.0945 e. The molecule has 1 atom stereocenters. The van der Waals surface area contributed by atoms with E-state index < -0.39 is 0 Å². The van der Waals surface area contributed by atoms with Crippen LogP contribution in [0.5, 0.6) is 0 Å². The molecule has 0 amide bonds. The van der Waals surface area contributed by atoms with Gasteiger partial charge in [0.2, 0.25) is 0 Å². The highest BCUT2D eigenvalue weighted by molar-refractivity contribution is 4.79. The molecule has 1 saturated heterocycles. The maximum atomic E-state index is 5.82. The minimum Gasteiger partial charge on any atom is -0.337 e. The van der Waals surface area contributed by atoms with E-state index in [0.717, 1.165) is 19.5 Å². The van der Waals surface area contributed by atoms with Gasteiger partial charge in [0.05, 0.1) is 6.33 Å². The Labute approximate surface area is 116 Å². The molecule has 5 nitrogen and oxygen atoms in total. The van der Waals surface area contributed by atoms with Crippen molar-refractivity contribution in [1.29, 1.82) is 0 Å². The first-order valence-corrected chi connectivity index (χ1v) is 7.45. The van der Waals surface area contributed by atoms with Crippen molar-refractivity contribution in [2.45, 2.75) is 32.4 Å². The van der Waals surface area contributed by atoms with Crippen molar-refractivity contribution in [3.8, 4) is 0 Å². The first-order chi connectivity index (χ1) is 9.33. The molecule has 0 aromatic carbocycles. The quantitative estimate of drug-likeness (QED) is 0.785. The maximum Gasteiger partial charge on any atom is 0.0945 e. The summed E-state index contributed by atoms with van der Waals surface area (Å²) in [5.74, 6) is 0. The number of hydrogen-bond acceptors (Lipinski definition) is 4. The fraction of sp³-hybridized carbons (Fsp3) is 0.786. The third-order valence-corrected chi connectivity index (χ3v) is 4.12. The minimum atomic E-state index is 0.577. The highest BCUT2D eigenvalue weighted by Gasteiger charge is 2.21. The normalized spacial score (nSPS) is 19.7. The van der Waals surface area contributed by atoms with Crippen LogP contribution in [0, 0.1) is 0 Å². The molecule has 0 radical (unpaired) electrons. The van der Waals surface area contributed by atoms with Crippen molar-refractivity contribution >= 4 is 0 Å². The van der Waals surface area contributed by atoms with Gasteiger partial charge >= 0.3 is 0 Å². The molecule has 0 bridgehead atoms. The number of piperazine rings is 1. The van der Waals surface area contributed by atoms with Gasteiger partial charge in [0.1, 0.15) is 0 Å². The van der Waals surface area contributed by atoms with Gasteiger partial charge in [-0.2, -0.15) is 0 Å². The van der Waals surface area contributed by atoms with Gasteiger partial charge in [-0.05, 0) is 19.4 Å². The van der Waals surface area contributed by atoms with E-state index in [2.05, 4.69) is 26.3 Å². The average Bonchev–Trinajstić information content (AvgIpc) is 2.95. The Balaban J connectivity index is 1.63. The number of hydrogen-bond donors (Lipinski definition) is 1. The van der Waals surface area contributed by atoms with Crippen molar-refractivity contribution in [1.82, 2.24) is 19.4 Å². The molecule has 2 heterocycles. The van der Waals surface area contributed by atoms with Gasteiger partial charge in [0.25, 0.3) is 0 Å². The second-order valence-corrected chi connectivity index (χ2v) is 5.33. The Morgan fingerprint density at radius 1 is 1.21 bits per heavy atom. The van der Waals surface area contributed by atoms with Gasteiger partial charge in [-0.15, -0.1) is 0 Å². The van der Waals surface area contributed by atoms with Crippen LogP contribution in [-0.4, -0.2) is 64.7 Å². The van der Waals surface area contributed by atoms with Gasteiger partial charge in [0, 0.05) is 57.7 Å². The van der Waals surface area contributed by atoms with Crippen molar-refractivity contribution in [2.75, 3.05) is 39.3 Å². The Kier molecular flexibility index (Phi) is 5.82. The molecular formula is C14H27N5. The fourth-order valence-electron chi connectivity index (χ4n) is 2.82. The molecule has 1 aliphatic rings. The molecular weight excluding hydrogens is 238 g/mol. The van der Waals surface area contributed by atoms with E-state index in [1.54, 1.807) is 0 Å². The molecule has 0 aliphatic carbocycles. The predicted molar refractivity (Wildman–Crippen MR) is 78.0 cm³/mol. The summed E-state index contributed by atoms with van der Waals surface area (Å²) in [5.41, 5.74) is 5.82. The summed E-state index contributed by atoms with van der Waals surface area (Å²) in [5, 5.41) is 0. The summed E-state index contributed by atoms with van der Waals surface area (Å²) in [6, 6.07) is 0.577. The van der Waals surface area contributed by atoms with E-state index in [-0.39, 0.29) is 0 Å². The lowest BCUT2D eigenvalue weighted by Gasteiger charge is -2.38. The van der Waals surface area contributed by atoms with Crippen LogP contribution in [0.25, 0.3) is 0 Å². The number of aryl methyl sites for hydroxylation is 1. The summed E-state index contributed by atoms with van der Waals surface area (Å²) in [4.78, 5) is 9.18. The topological polar surface area (TPSA) is 50.3 Å². The lowest BCUT2D eigenvalue weighted by molar-refractivity contribution is 0.0953. The zero-order valence-corrected chi connectivity index (χ0v) is 12.0. The summed E-state index contributed by atoms with van der Waals surface area (Å²) < 4.78 is 2.15. The molecule has 0 spiro atoms. The van der Waals surface area contributed by atoms with Crippen molar-refractivity contribution in [3.05, 3.63) is 18.7 Å².